The Morgan fingerprint density at radius 2 is 2.00 bits per heavy atom. The molecule has 3 aromatic rings. The van der Waals surface area contributed by atoms with E-state index in [1.54, 1.807) is 7.11 Å². The third-order valence-electron chi connectivity index (χ3n) is 3.60. The zero-order chi connectivity index (χ0) is 15.4. The first-order valence-electron chi connectivity index (χ1n) is 7.31. The van der Waals surface area contributed by atoms with Crippen LogP contribution >= 0.6 is 0 Å². The van der Waals surface area contributed by atoms with Gasteiger partial charge in [-0.1, -0.05) is 30.3 Å². The molecule has 0 aliphatic rings. The lowest BCUT2D eigenvalue weighted by molar-refractivity contribution is 0.0932. The number of aromatic nitrogens is 2. The van der Waals surface area contributed by atoms with E-state index in [9.17, 15) is 4.79 Å². The van der Waals surface area contributed by atoms with Crippen LogP contribution in [0, 0.1) is 0 Å². The second-order valence-corrected chi connectivity index (χ2v) is 5.24. The molecule has 0 aliphatic carbocycles. The van der Waals surface area contributed by atoms with Crippen molar-refractivity contribution in [2.45, 2.75) is 12.8 Å². The second kappa shape index (κ2) is 6.54. The zero-order valence-corrected chi connectivity index (χ0v) is 12.5. The van der Waals surface area contributed by atoms with Gasteiger partial charge in [-0.15, -0.1) is 0 Å². The Kier molecular flexibility index (Phi) is 4.30. The molecule has 112 valence electrons. The van der Waals surface area contributed by atoms with Gasteiger partial charge < -0.3 is 9.72 Å². The summed E-state index contributed by atoms with van der Waals surface area (Å²) in [4.78, 5) is 19.9. The van der Waals surface area contributed by atoms with Crippen LogP contribution in [0.3, 0.4) is 0 Å². The number of nitrogens with zero attached hydrogens (tertiary/aromatic N) is 1. The Labute approximate surface area is 129 Å². The summed E-state index contributed by atoms with van der Waals surface area (Å²) >= 11 is 0. The molecule has 0 atom stereocenters. The standard InChI is InChI=1S/C18H18N2O2/c1-22-10-9-17(21)14-7-8-15-16(12-14)20-18(19-15)11-13-5-3-2-4-6-13/h2-8,12H,9-11H2,1H3,(H,19,20). The van der Waals surface area contributed by atoms with Crippen LogP contribution in [0.25, 0.3) is 11.0 Å². The number of rotatable bonds is 6. The molecule has 0 aliphatic heterocycles. The number of carbonyl (C=O) groups excluding carboxylic acids is 1. The van der Waals surface area contributed by atoms with E-state index in [1.807, 2.05) is 36.4 Å². The summed E-state index contributed by atoms with van der Waals surface area (Å²) in [6, 6.07) is 15.8. The average Bonchev–Trinajstić information content (AvgIpc) is 2.94. The van der Waals surface area contributed by atoms with Crippen molar-refractivity contribution in [3.63, 3.8) is 0 Å². The number of benzene rings is 2. The molecule has 0 saturated heterocycles. The van der Waals surface area contributed by atoms with E-state index in [0.29, 0.717) is 18.6 Å². The Morgan fingerprint density at radius 3 is 2.77 bits per heavy atom. The third kappa shape index (κ3) is 3.23. The molecule has 0 fully saturated rings. The maximum absolute atomic E-state index is 12.0. The number of aromatic amines is 1. The van der Waals surface area contributed by atoms with Crippen LogP contribution in [0.5, 0.6) is 0 Å². The maximum Gasteiger partial charge on any atom is 0.165 e. The maximum atomic E-state index is 12.0. The summed E-state index contributed by atoms with van der Waals surface area (Å²) in [6.45, 7) is 0.444. The number of ketones is 1. The summed E-state index contributed by atoms with van der Waals surface area (Å²) in [5, 5.41) is 0. The normalized spacial score (nSPS) is 11.0. The van der Waals surface area contributed by atoms with Crippen molar-refractivity contribution in [1.82, 2.24) is 9.97 Å². The minimum absolute atomic E-state index is 0.0861. The first-order chi connectivity index (χ1) is 10.8. The third-order valence-corrected chi connectivity index (χ3v) is 3.60. The van der Waals surface area contributed by atoms with Crippen molar-refractivity contribution in [1.29, 1.82) is 0 Å². The van der Waals surface area contributed by atoms with Crippen molar-refractivity contribution in [3.8, 4) is 0 Å². The number of nitrogens with one attached hydrogen (secondary N) is 1. The van der Waals surface area contributed by atoms with E-state index in [-0.39, 0.29) is 5.78 Å². The van der Waals surface area contributed by atoms with Crippen LogP contribution in [0.4, 0.5) is 0 Å². The molecule has 4 nitrogen and oxygen atoms in total. The topological polar surface area (TPSA) is 55.0 Å². The predicted octanol–water partition coefficient (Wildman–Crippen LogP) is 3.37. The molecule has 0 unspecified atom stereocenters. The number of imidazole rings is 1. The fourth-order valence-corrected chi connectivity index (χ4v) is 2.45. The number of carbonyl (C=O) groups is 1. The van der Waals surface area contributed by atoms with Crippen LogP contribution < -0.4 is 0 Å². The molecule has 1 aromatic heterocycles. The molecule has 0 bridgehead atoms. The lowest BCUT2D eigenvalue weighted by atomic mass is 10.1. The highest BCUT2D eigenvalue weighted by Gasteiger charge is 2.09. The molecular weight excluding hydrogens is 276 g/mol. The first-order valence-corrected chi connectivity index (χ1v) is 7.31. The van der Waals surface area contributed by atoms with Gasteiger partial charge in [0, 0.05) is 25.5 Å². The zero-order valence-electron chi connectivity index (χ0n) is 12.5. The molecular formula is C18H18N2O2. The summed E-state index contributed by atoms with van der Waals surface area (Å²) in [6.07, 6.45) is 1.15. The molecule has 22 heavy (non-hydrogen) atoms. The predicted molar refractivity (Wildman–Crippen MR) is 86.2 cm³/mol. The number of fused-ring (bicyclic) bond motifs is 1. The summed E-state index contributed by atoms with van der Waals surface area (Å²) in [5.41, 5.74) is 3.68. The second-order valence-electron chi connectivity index (χ2n) is 5.24. The van der Waals surface area contributed by atoms with Crippen LogP contribution in [0.2, 0.25) is 0 Å². The minimum Gasteiger partial charge on any atom is -0.384 e. The number of hydrogen-bond donors (Lipinski definition) is 1. The molecule has 0 saturated carbocycles. The Morgan fingerprint density at radius 1 is 1.18 bits per heavy atom. The van der Waals surface area contributed by atoms with Crippen LogP contribution in [-0.4, -0.2) is 29.5 Å². The monoisotopic (exact) mass is 294 g/mol. The van der Waals surface area contributed by atoms with Gasteiger partial charge in [-0.2, -0.15) is 0 Å². The Hall–Kier alpha value is -2.46. The summed E-state index contributed by atoms with van der Waals surface area (Å²) in [7, 11) is 1.60. The first kappa shape index (κ1) is 14.5. The largest absolute Gasteiger partial charge is 0.384 e. The van der Waals surface area contributed by atoms with Gasteiger partial charge >= 0.3 is 0 Å². The number of methoxy groups -OCH3 is 1. The molecule has 0 spiro atoms. The van der Waals surface area contributed by atoms with E-state index in [4.69, 9.17) is 4.74 Å². The molecule has 3 rings (SSSR count). The highest BCUT2D eigenvalue weighted by atomic mass is 16.5. The van der Waals surface area contributed by atoms with E-state index in [2.05, 4.69) is 22.1 Å². The molecule has 1 heterocycles. The van der Waals surface area contributed by atoms with Gasteiger partial charge in [0.15, 0.2) is 5.78 Å². The molecule has 0 radical (unpaired) electrons. The van der Waals surface area contributed by atoms with Gasteiger partial charge in [-0.3, -0.25) is 4.79 Å². The number of ether oxygens (including phenoxy) is 1. The Balaban J connectivity index is 1.82. The van der Waals surface area contributed by atoms with Gasteiger partial charge in [-0.05, 0) is 23.8 Å². The number of H-pyrrole nitrogens is 1. The average molecular weight is 294 g/mol. The fraction of sp³-hybridized carbons (Fsp3) is 0.222. The van der Waals surface area contributed by atoms with Crippen LogP contribution in [-0.2, 0) is 11.2 Å². The molecule has 1 N–H and O–H groups in total. The van der Waals surface area contributed by atoms with Gasteiger partial charge in [-0.25, -0.2) is 4.98 Å². The van der Waals surface area contributed by atoms with Crippen molar-refractivity contribution in [2.24, 2.45) is 0 Å². The van der Waals surface area contributed by atoms with E-state index in [0.717, 1.165) is 23.3 Å². The van der Waals surface area contributed by atoms with Crippen molar-refractivity contribution >= 4 is 16.8 Å². The number of hydrogen-bond acceptors (Lipinski definition) is 3. The van der Waals surface area contributed by atoms with Gasteiger partial charge in [0.2, 0.25) is 0 Å². The smallest absolute Gasteiger partial charge is 0.165 e. The van der Waals surface area contributed by atoms with Gasteiger partial charge in [0.1, 0.15) is 5.82 Å². The minimum atomic E-state index is 0.0861. The van der Waals surface area contributed by atoms with Gasteiger partial charge in [0.25, 0.3) is 0 Å². The lowest BCUT2D eigenvalue weighted by Gasteiger charge is -2.00. The number of Topliss-reactive ketones (excluding diaryl/α,β-unsaturated/α-hetero) is 1. The van der Waals surface area contributed by atoms with E-state index in [1.165, 1.54) is 5.56 Å². The highest BCUT2D eigenvalue weighted by Crippen LogP contribution is 2.17. The van der Waals surface area contributed by atoms with Crippen LogP contribution in [0.1, 0.15) is 28.2 Å². The summed E-state index contributed by atoms with van der Waals surface area (Å²) < 4.78 is 4.95. The Bertz CT molecular complexity index is 778. The lowest BCUT2D eigenvalue weighted by Crippen LogP contribution is -2.03. The van der Waals surface area contributed by atoms with Crippen molar-refractivity contribution in [3.05, 3.63) is 65.5 Å². The molecule has 2 aromatic carbocycles. The highest BCUT2D eigenvalue weighted by molar-refractivity contribution is 5.98. The van der Waals surface area contributed by atoms with Crippen molar-refractivity contribution in [2.75, 3.05) is 13.7 Å². The van der Waals surface area contributed by atoms with Crippen LogP contribution in [0.15, 0.2) is 48.5 Å². The quantitative estimate of drug-likeness (QED) is 0.709. The van der Waals surface area contributed by atoms with Crippen molar-refractivity contribution < 1.29 is 9.53 Å². The molecule has 0 amide bonds. The summed E-state index contributed by atoms with van der Waals surface area (Å²) in [5.74, 6) is 0.991. The van der Waals surface area contributed by atoms with E-state index < -0.39 is 0 Å². The fourth-order valence-electron chi connectivity index (χ4n) is 2.45. The SMILES string of the molecule is COCCC(=O)c1ccc2nc(Cc3ccccc3)[nH]c2c1. The molecule has 4 heteroatoms. The van der Waals surface area contributed by atoms with Gasteiger partial charge in [0.05, 0.1) is 17.6 Å². The van der Waals surface area contributed by atoms with E-state index >= 15 is 0 Å².